The van der Waals surface area contributed by atoms with Crippen LogP contribution < -0.4 is 5.32 Å². The summed E-state index contributed by atoms with van der Waals surface area (Å²) in [7, 11) is 1.36. The number of cyclic esters (lactones) is 1. The van der Waals surface area contributed by atoms with Crippen molar-refractivity contribution >= 4 is 12.1 Å². The zero-order valence-corrected chi connectivity index (χ0v) is 9.44. The van der Waals surface area contributed by atoms with Gasteiger partial charge in [0.2, 0.25) is 0 Å². The lowest BCUT2D eigenvalue weighted by Crippen LogP contribution is -2.40. The normalized spacial score (nSPS) is 18.7. The number of nitrogens with zero attached hydrogens (tertiary/aromatic N) is 1. The third kappa shape index (κ3) is 1.99. The summed E-state index contributed by atoms with van der Waals surface area (Å²) in [4.78, 5) is 23.7. The van der Waals surface area contributed by atoms with Crippen molar-refractivity contribution in [1.29, 1.82) is 0 Å². The quantitative estimate of drug-likeness (QED) is 0.833. The number of benzene rings is 1. The third-order valence-corrected chi connectivity index (χ3v) is 2.63. The third-order valence-electron chi connectivity index (χ3n) is 2.63. The van der Waals surface area contributed by atoms with Crippen LogP contribution in [0.3, 0.4) is 0 Å². The minimum atomic E-state index is -1.04. The maximum atomic E-state index is 13.1. The Balaban J connectivity index is 2.34. The summed E-state index contributed by atoms with van der Waals surface area (Å²) in [5, 5.41) is 2.28. The maximum absolute atomic E-state index is 13.1. The van der Waals surface area contributed by atoms with E-state index < -0.39 is 29.8 Å². The van der Waals surface area contributed by atoms with Crippen LogP contribution in [0, 0.1) is 11.6 Å². The second-order valence-electron chi connectivity index (χ2n) is 3.69. The van der Waals surface area contributed by atoms with Crippen molar-refractivity contribution in [2.45, 2.75) is 6.04 Å². The first-order chi connectivity index (χ1) is 8.54. The highest BCUT2D eigenvalue weighted by Gasteiger charge is 2.38. The van der Waals surface area contributed by atoms with Gasteiger partial charge in [0.25, 0.3) is 0 Å². The van der Waals surface area contributed by atoms with Gasteiger partial charge in [0.05, 0.1) is 0 Å². The fourth-order valence-corrected chi connectivity index (χ4v) is 1.73. The lowest BCUT2D eigenvalue weighted by Gasteiger charge is -2.19. The number of halogens is 2. The van der Waals surface area contributed by atoms with E-state index in [-0.39, 0.29) is 6.61 Å². The lowest BCUT2D eigenvalue weighted by atomic mass is 10.1. The van der Waals surface area contributed by atoms with Crippen LogP contribution in [-0.4, -0.2) is 30.7 Å². The molecule has 0 aromatic heterocycles. The van der Waals surface area contributed by atoms with E-state index >= 15 is 0 Å². The van der Waals surface area contributed by atoms with Gasteiger partial charge in [-0.05, 0) is 17.7 Å². The zero-order chi connectivity index (χ0) is 13.3. The van der Waals surface area contributed by atoms with Gasteiger partial charge in [-0.25, -0.2) is 23.3 Å². The van der Waals surface area contributed by atoms with Gasteiger partial charge < -0.3 is 10.1 Å². The number of nitrogens with one attached hydrogen (secondary N) is 1. The first-order valence-electron chi connectivity index (χ1n) is 5.17. The maximum Gasteiger partial charge on any atom is 0.418 e. The molecule has 1 N–H and O–H groups in total. The Morgan fingerprint density at radius 3 is 2.78 bits per heavy atom. The second-order valence-corrected chi connectivity index (χ2v) is 3.69. The Morgan fingerprint density at radius 1 is 1.44 bits per heavy atom. The summed E-state index contributed by atoms with van der Waals surface area (Å²) >= 11 is 0. The van der Waals surface area contributed by atoms with E-state index in [0.717, 1.165) is 17.0 Å². The van der Waals surface area contributed by atoms with E-state index in [4.69, 9.17) is 4.74 Å². The predicted molar refractivity (Wildman–Crippen MR) is 56.7 cm³/mol. The van der Waals surface area contributed by atoms with Crippen molar-refractivity contribution in [3.05, 3.63) is 35.4 Å². The molecule has 1 aromatic rings. The Morgan fingerprint density at radius 2 is 2.17 bits per heavy atom. The molecule has 0 spiro atoms. The summed E-state index contributed by atoms with van der Waals surface area (Å²) in [5.74, 6) is -2.03. The molecular weight excluding hydrogens is 246 g/mol. The molecule has 3 amide bonds. The molecule has 1 unspecified atom stereocenters. The molecular formula is C11H10F2N2O3. The van der Waals surface area contributed by atoms with Crippen LogP contribution in [0.15, 0.2) is 18.2 Å². The Kier molecular flexibility index (Phi) is 3.14. The van der Waals surface area contributed by atoms with E-state index in [2.05, 4.69) is 5.32 Å². The molecule has 0 bridgehead atoms. The zero-order valence-electron chi connectivity index (χ0n) is 9.44. The van der Waals surface area contributed by atoms with Crippen molar-refractivity contribution in [2.75, 3.05) is 13.7 Å². The molecule has 5 nitrogen and oxygen atoms in total. The number of urea groups is 1. The number of hydrogen-bond acceptors (Lipinski definition) is 3. The molecule has 1 atom stereocenters. The molecule has 1 aliphatic rings. The van der Waals surface area contributed by atoms with Gasteiger partial charge in [-0.2, -0.15) is 0 Å². The van der Waals surface area contributed by atoms with Gasteiger partial charge in [-0.3, -0.25) is 0 Å². The number of rotatable bonds is 1. The SMILES string of the molecule is CNC(=O)N1C(=O)OCC1c1ccc(F)c(F)c1. The largest absolute Gasteiger partial charge is 0.446 e. The number of imide groups is 1. The Labute approximate surface area is 101 Å². The van der Waals surface area contributed by atoms with Crippen LogP contribution in [0.4, 0.5) is 18.4 Å². The number of hydrogen-bond donors (Lipinski definition) is 1. The fourth-order valence-electron chi connectivity index (χ4n) is 1.73. The van der Waals surface area contributed by atoms with Crippen molar-refractivity contribution in [1.82, 2.24) is 10.2 Å². The Hall–Kier alpha value is -2.18. The van der Waals surface area contributed by atoms with Crippen LogP contribution in [0.25, 0.3) is 0 Å². The van der Waals surface area contributed by atoms with Gasteiger partial charge in [-0.1, -0.05) is 6.07 Å². The highest BCUT2D eigenvalue weighted by molar-refractivity contribution is 5.92. The summed E-state index contributed by atoms with van der Waals surface area (Å²) in [6.07, 6.45) is -0.816. The summed E-state index contributed by atoms with van der Waals surface area (Å²) in [6.45, 7) is -0.0860. The van der Waals surface area contributed by atoms with E-state index in [1.807, 2.05) is 0 Å². The van der Waals surface area contributed by atoms with Crippen LogP contribution in [0.2, 0.25) is 0 Å². The highest BCUT2D eigenvalue weighted by Crippen LogP contribution is 2.28. The minimum absolute atomic E-state index is 0.0860. The van der Waals surface area contributed by atoms with E-state index in [9.17, 15) is 18.4 Å². The first kappa shape index (κ1) is 12.3. The van der Waals surface area contributed by atoms with Gasteiger partial charge in [0, 0.05) is 7.05 Å². The van der Waals surface area contributed by atoms with Crippen LogP contribution in [-0.2, 0) is 4.74 Å². The molecule has 2 rings (SSSR count). The van der Waals surface area contributed by atoms with Crippen molar-refractivity contribution in [3.8, 4) is 0 Å². The van der Waals surface area contributed by atoms with Gasteiger partial charge in [0.1, 0.15) is 12.6 Å². The van der Waals surface area contributed by atoms with Crippen LogP contribution in [0.1, 0.15) is 11.6 Å². The molecule has 0 radical (unpaired) electrons. The van der Waals surface area contributed by atoms with E-state index in [1.54, 1.807) is 0 Å². The standard InChI is InChI=1S/C11H10F2N2O3/c1-14-10(16)15-9(5-18-11(15)17)6-2-3-7(12)8(13)4-6/h2-4,9H,5H2,1H3,(H,14,16). The first-order valence-corrected chi connectivity index (χ1v) is 5.17. The summed E-state index contributed by atoms with van der Waals surface area (Å²) in [5.41, 5.74) is 0.295. The van der Waals surface area contributed by atoms with Crippen molar-refractivity contribution < 1.29 is 23.1 Å². The van der Waals surface area contributed by atoms with E-state index in [1.165, 1.54) is 13.1 Å². The molecule has 0 aliphatic carbocycles. The highest BCUT2D eigenvalue weighted by atomic mass is 19.2. The van der Waals surface area contributed by atoms with Gasteiger partial charge in [-0.15, -0.1) is 0 Å². The number of ether oxygens (including phenoxy) is 1. The average Bonchev–Trinajstić information content (AvgIpc) is 2.74. The molecule has 7 heteroatoms. The molecule has 96 valence electrons. The number of carbonyl (C=O) groups excluding carboxylic acids is 2. The van der Waals surface area contributed by atoms with Gasteiger partial charge in [0.15, 0.2) is 11.6 Å². The average molecular weight is 256 g/mol. The molecule has 1 heterocycles. The predicted octanol–water partition coefficient (Wildman–Crippen LogP) is 1.80. The minimum Gasteiger partial charge on any atom is -0.446 e. The molecule has 1 saturated heterocycles. The summed E-state index contributed by atoms with van der Waals surface area (Å²) in [6, 6.07) is 1.77. The molecule has 1 aliphatic heterocycles. The lowest BCUT2D eigenvalue weighted by molar-refractivity contribution is 0.158. The molecule has 1 fully saturated rings. The van der Waals surface area contributed by atoms with E-state index in [0.29, 0.717) is 5.56 Å². The molecule has 0 saturated carbocycles. The number of amides is 3. The van der Waals surface area contributed by atoms with Crippen LogP contribution >= 0.6 is 0 Å². The monoisotopic (exact) mass is 256 g/mol. The van der Waals surface area contributed by atoms with Crippen molar-refractivity contribution in [3.63, 3.8) is 0 Å². The topological polar surface area (TPSA) is 58.6 Å². The Bertz CT molecular complexity index is 507. The fraction of sp³-hybridized carbons (Fsp3) is 0.273. The summed E-state index contributed by atoms with van der Waals surface area (Å²) < 4.78 is 30.7. The van der Waals surface area contributed by atoms with Crippen molar-refractivity contribution in [2.24, 2.45) is 0 Å². The van der Waals surface area contributed by atoms with Gasteiger partial charge >= 0.3 is 12.1 Å². The molecule has 18 heavy (non-hydrogen) atoms. The van der Waals surface area contributed by atoms with Crippen LogP contribution in [0.5, 0.6) is 0 Å². The number of carbonyl (C=O) groups is 2. The molecule has 1 aromatic carbocycles. The smallest absolute Gasteiger partial charge is 0.418 e. The second kappa shape index (κ2) is 4.59.